The van der Waals surface area contributed by atoms with E-state index in [2.05, 4.69) is 46.0 Å². The number of aromatic nitrogens is 8. The number of ether oxygens (including phenoxy) is 1. The second-order valence-corrected chi connectivity index (χ2v) is 7.20. The Labute approximate surface area is 184 Å². The predicted octanol–water partition coefficient (Wildman–Crippen LogP) is 0.426. The van der Waals surface area contributed by atoms with Crippen LogP contribution in [-0.2, 0) is 12.8 Å². The molecular weight excluding hydrogens is 438 g/mol. The third-order valence-electron chi connectivity index (χ3n) is 4.16. The van der Waals surface area contributed by atoms with Crippen molar-refractivity contribution in [2.24, 2.45) is 12.1 Å². The van der Waals surface area contributed by atoms with E-state index >= 15 is 0 Å². The molecule has 0 atom stereocenters. The molecule has 1 aromatic carbocycles. The zero-order chi connectivity index (χ0) is 22.5. The largest absolute Gasteiger partial charge is 0.497 e. The highest BCUT2D eigenvalue weighted by Gasteiger charge is 2.24. The molecule has 164 valence electrons. The fraction of sp³-hybridized carbons (Fsp3) is 0.176. The van der Waals surface area contributed by atoms with Gasteiger partial charge in [-0.15, -0.1) is 15.3 Å². The number of nitrogens with zero attached hydrogens (tertiary/aromatic N) is 9. The minimum absolute atomic E-state index is 0.00260. The van der Waals surface area contributed by atoms with Gasteiger partial charge in [-0.3, -0.25) is 4.79 Å². The molecule has 32 heavy (non-hydrogen) atoms. The standard InChI is InChI=1S/C17H17N11O3S/c1-27-9-20-23-17(27)32-8-12-13(21-26-28(12)15-14(18)24-31-25-15)16(29)22-19-7-10-4-3-5-11(6-10)30-2/h3-7,9H,8H2,1-2H3,(H2,18,24)(H,22,29)/b19-7+. The number of hydrogen-bond donors (Lipinski definition) is 2. The van der Waals surface area contributed by atoms with E-state index in [-0.39, 0.29) is 23.1 Å². The maximum atomic E-state index is 12.8. The summed E-state index contributed by atoms with van der Waals surface area (Å²) >= 11 is 1.32. The van der Waals surface area contributed by atoms with Crippen molar-refractivity contribution in [1.82, 2.24) is 45.5 Å². The van der Waals surface area contributed by atoms with Gasteiger partial charge in [0.2, 0.25) is 11.6 Å². The maximum Gasteiger partial charge on any atom is 0.293 e. The maximum absolute atomic E-state index is 12.8. The molecule has 0 bridgehead atoms. The SMILES string of the molecule is COc1cccc(/C=N/NC(=O)c2nnn(-c3nonc3N)c2CSc2nncn2C)c1. The molecule has 4 aromatic rings. The van der Waals surface area contributed by atoms with E-state index in [4.69, 9.17) is 10.5 Å². The second kappa shape index (κ2) is 9.25. The summed E-state index contributed by atoms with van der Waals surface area (Å²) in [7, 11) is 3.37. The van der Waals surface area contributed by atoms with Gasteiger partial charge in [-0.05, 0) is 28.0 Å². The zero-order valence-electron chi connectivity index (χ0n) is 16.9. The summed E-state index contributed by atoms with van der Waals surface area (Å²) in [5.74, 6) is 0.477. The number of methoxy groups -OCH3 is 1. The van der Waals surface area contributed by atoms with Crippen molar-refractivity contribution in [3.8, 4) is 11.6 Å². The van der Waals surface area contributed by atoms with Crippen molar-refractivity contribution in [3.05, 3.63) is 47.5 Å². The Kier molecular flexibility index (Phi) is 6.07. The Balaban J connectivity index is 1.57. The molecule has 0 radical (unpaired) electrons. The number of nitrogens with one attached hydrogen (secondary N) is 1. The Morgan fingerprint density at radius 1 is 1.38 bits per heavy atom. The molecule has 0 saturated heterocycles. The molecule has 0 aliphatic rings. The van der Waals surface area contributed by atoms with E-state index in [9.17, 15) is 4.79 Å². The van der Waals surface area contributed by atoms with Crippen LogP contribution < -0.4 is 15.9 Å². The normalized spacial score (nSPS) is 11.2. The average molecular weight is 455 g/mol. The number of amides is 1. The molecule has 15 heteroatoms. The summed E-state index contributed by atoms with van der Waals surface area (Å²) in [5, 5.41) is 27.7. The van der Waals surface area contributed by atoms with Crippen LogP contribution in [0.15, 0.2) is 45.5 Å². The van der Waals surface area contributed by atoms with Crippen molar-refractivity contribution < 1.29 is 14.2 Å². The number of hydrogen-bond acceptors (Lipinski definition) is 12. The molecule has 3 heterocycles. The summed E-state index contributed by atoms with van der Waals surface area (Å²) in [4.78, 5) is 12.8. The molecular formula is C17H17N11O3S. The minimum atomic E-state index is -0.570. The first-order chi connectivity index (χ1) is 15.6. The smallest absolute Gasteiger partial charge is 0.293 e. The Morgan fingerprint density at radius 3 is 2.97 bits per heavy atom. The summed E-state index contributed by atoms with van der Waals surface area (Å²) in [6.45, 7) is 0. The number of carbonyl (C=O) groups is 1. The number of aryl methyl sites for hydroxylation is 1. The van der Waals surface area contributed by atoms with Gasteiger partial charge in [-0.25, -0.2) is 10.1 Å². The highest BCUT2D eigenvalue weighted by Crippen LogP contribution is 2.24. The number of anilines is 1. The number of nitrogen functional groups attached to an aromatic ring is 1. The van der Waals surface area contributed by atoms with Crippen LogP contribution in [0.1, 0.15) is 21.7 Å². The van der Waals surface area contributed by atoms with Crippen LogP contribution in [0.5, 0.6) is 5.75 Å². The van der Waals surface area contributed by atoms with Crippen molar-refractivity contribution in [2.75, 3.05) is 12.8 Å². The number of thioether (sulfide) groups is 1. The van der Waals surface area contributed by atoms with E-state index in [1.807, 2.05) is 12.1 Å². The van der Waals surface area contributed by atoms with Gasteiger partial charge in [0.05, 0.1) is 19.0 Å². The molecule has 14 nitrogen and oxygen atoms in total. The Hall–Kier alpha value is -4.27. The highest BCUT2D eigenvalue weighted by atomic mass is 32.2. The van der Waals surface area contributed by atoms with Crippen LogP contribution in [-0.4, -0.2) is 59.3 Å². The number of hydrazone groups is 1. The molecule has 0 spiro atoms. The lowest BCUT2D eigenvalue weighted by Gasteiger charge is -2.05. The average Bonchev–Trinajstić information content (AvgIpc) is 3.52. The van der Waals surface area contributed by atoms with Crippen LogP contribution in [0, 0.1) is 0 Å². The molecule has 3 N–H and O–H groups in total. The molecule has 0 unspecified atom stereocenters. The lowest BCUT2D eigenvalue weighted by atomic mass is 10.2. The summed E-state index contributed by atoms with van der Waals surface area (Å²) in [5.41, 5.74) is 9.40. The van der Waals surface area contributed by atoms with Gasteiger partial charge in [0.1, 0.15) is 12.1 Å². The van der Waals surface area contributed by atoms with E-state index < -0.39 is 5.91 Å². The zero-order valence-corrected chi connectivity index (χ0v) is 17.7. The first-order valence-electron chi connectivity index (χ1n) is 9.04. The van der Waals surface area contributed by atoms with E-state index in [0.29, 0.717) is 16.6 Å². The summed E-state index contributed by atoms with van der Waals surface area (Å²) in [6, 6.07) is 7.21. The lowest BCUT2D eigenvalue weighted by Crippen LogP contribution is -2.20. The number of nitrogens with two attached hydrogens (primary N) is 1. The molecule has 0 saturated carbocycles. The summed E-state index contributed by atoms with van der Waals surface area (Å²) < 4.78 is 12.8. The second-order valence-electron chi connectivity index (χ2n) is 6.26. The predicted molar refractivity (Wildman–Crippen MR) is 112 cm³/mol. The van der Waals surface area contributed by atoms with Crippen LogP contribution in [0.2, 0.25) is 0 Å². The van der Waals surface area contributed by atoms with Gasteiger partial charge in [-0.1, -0.05) is 29.1 Å². The van der Waals surface area contributed by atoms with Crippen LogP contribution >= 0.6 is 11.8 Å². The van der Waals surface area contributed by atoms with Crippen molar-refractivity contribution in [3.63, 3.8) is 0 Å². The molecule has 3 aromatic heterocycles. The van der Waals surface area contributed by atoms with E-state index in [0.717, 1.165) is 5.56 Å². The van der Waals surface area contributed by atoms with Gasteiger partial charge in [0.25, 0.3) is 5.91 Å². The molecule has 1 amide bonds. The first kappa shape index (κ1) is 21.0. The highest BCUT2D eigenvalue weighted by molar-refractivity contribution is 7.98. The summed E-state index contributed by atoms with van der Waals surface area (Å²) in [6.07, 6.45) is 3.05. The van der Waals surface area contributed by atoms with Crippen molar-refractivity contribution in [1.29, 1.82) is 0 Å². The number of benzene rings is 1. The molecule has 0 aliphatic carbocycles. The number of carbonyl (C=O) groups excluding carboxylic acids is 1. The van der Waals surface area contributed by atoms with E-state index in [1.54, 1.807) is 37.2 Å². The van der Waals surface area contributed by atoms with Crippen LogP contribution in [0.3, 0.4) is 0 Å². The lowest BCUT2D eigenvalue weighted by molar-refractivity contribution is 0.0949. The fourth-order valence-corrected chi connectivity index (χ4v) is 3.47. The molecule has 0 aliphatic heterocycles. The third-order valence-corrected chi connectivity index (χ3v) is 5.20. The number of rotatable bonds is 8. The van der Waals surface area contributed by atoms with Crippen molar-refractivity contribution >= 4 is 29.7 Å². The van der Waals surface area contributed by atoms with Gasteiger partial charge < -0.3 is 15.0 Å². The van der Waals surface area contributed by atoms with Crippen LogP contribution in [0.4, 0.5) is 5.82 Å². The van der Waals surface area contributed by atoms with Gasteiger partial charge in [0.15, 0.2) is 10.9 Å². The van der Waals surface area contributed by atoms with Gasteiger partial charge in [0, 0.05) is 12.8 Å². The van der Waals surface area contributed by atoms with Gasteiger partial charge >= 0.3 is 0 Å². The quantitative estimate of drug-likeness (QED) is 0.214. The van der Waals surface area contributed by atoms with E-state index in [1.165, 1.54) is 22.7 Å². The van der Waals surface area contributed by atoms with Gasteiger partial charge in [-0.2, -0.15) is 9.78 Å². The minimum Gasteiger partial charge on any atom is -0.497 e. The van der Waals surface area contributed by atoms with Crippen LogP contribution in [0.25, 0.3) is 5.82 Å². The fourth-order valence-electron chi connectivity index (χ4n) is 2.59. The Morgan fingerprint density at radius 2 is 2.25 bits per heavy atom. The Bertz CT molecular complexity index is 1260. The first-order valence-corrected chi connectivity index (χ1v) is 10.0. The third kappa shape index (κ3) is 4.41. The topological polar surface area (TPSA) is 177 Å². The van der Waals surface area contributed by atoms with Crippen molar-refractivity contribution in [2.45, 2.75) is 10.9 Å². The molecule has 0 fully saturated rings. The monoisotopic (exact) mass is 455 g/mol. The molecule has 4 rings (SSSR count).